The zero-order valence-corrected chi connectivity index (χ0v) is 12.8. The number of hydrogen-bond donors (Lipinski definition) is 2. The third kappa shape index (κ3) is 2.85. The van der Waals surface area contributed by atoms with E-state index in [0.717, 1.165) is 11.3 Å². The van der Waals surface area contributed by atoms with Gasteiger partial charge in [0, 0.05) is 22.6 Å². The van der Waals surface area contributed by atoms with E-state index in [9.17, 15) is 4.79 Å². The standard InChI is InChI=1S/C17H16N2O2S/c18-16(13-6-2-4-8-15(13)22)17(20)19-9-10-21-14-7-3-1-5-12(14)11-19/h1-8,18,22H,9-11H2. The zero-order chi connectivity index (χ0) is 15.5. The van der Waals surface area contributed by atoms with E-state index < -0.39 is 0 Å². The minimum absolute atomic E-state index is 0.0371. The Morgan fingerprint density at radius 3 is 2.68 bits per heavy atom. The van der Waals surface area contributed by atoms with Crippen LogP contribution in [0.4, 0.5) is 0 Å². The highest BCUT2D eigenvalue weighted by atomic mass is 32.1. The first-order valence-electron chi connectivity index (χ1n) is 7.03. The highest BCUT2D eigenvalue weighted by Gasteiger charge is 2.24. The number of carbonyl (C=O) groups excluding carboxylic acids is 1. The lowest BCUT2D eigenvalue weighted by atomic mass is 10.1. The Hall–Kier alpha value is -2.27. The van der Waals surface area contributed by atoms with Gasteiger partial charge in [-0.25, -0.2) is 0 Å². The number of carbonyl (C=O) groups is 1. The predicted molar refractivity (Wildman–Crippen MR) is 87.9 cm³/mol. The second kappa shape index (κ2) is 6.23. The zero-order valence-electron chi connectivity index (χ0n) is 12.0. The lowest BCUT2D eigenvalue weighted by molar-refractivity contribution is -0.124. The van der Waals surface area contributed by atoms with E-state index in [0.29, 0.717) is 30.2 Å². The van der Waals surface area contributed by atoms with Gasteiger partial charge in [0.05, 0.1) is 6.54 Å². The molecule has 0 unspecified atom stereocenters. The van der Waals surface area contributed by atoms with Crippen molar-refractivity contribution in [3.8, 4) is 5.75 Å². The molecular formula is C17H16N2O2S. The summed E-state index contributed by atoms with van der Waals surface area (Å²) in [5.74, 6) is 0.501. The maximum absolute atomic E-state index is 12.6. The van der Waals surface area contributed by atoms with Crippen LogP contribution in [0.25, 0.3) is 0 Å². The van der Waals surface area contributed by atoms with Crippen molar-refractivity contribution in [1.82, 2.24) is 4.90 Å². The lowest BCUT2D eigenvalue weighted by Crippen LogP contribution is -2.37. The van der Waals surface area contributed by atoms with Crippen LogP contribution < -0.4 is 4.74 Å². The Labute approximate surface area is 134 Å². The Morgan fingerprint density at radius 2 is 1.86 bits per heavy atom. The summed E-state index contributed by atoms with van der Waals surface area (Å²) in [7, 11) is 0. The molecule has 0 bridgehead atoms. The van der Waals surface area contributed by atoms with Crippen LogP contribution in [-0.2, 0) is 11.3 Å². The van der Waals surface area contributed by atoms with Crippen LogP contribution in [0.2, 0.25) is 0 Å². The van der Waals surface area contributed by atoms with E-state index in [1.807, 2.05) is 30.3 Å². The predicted octanol–water partition coefficient (Wildman–Crippen LogP) is 2.76. The summed E-state index contributed by atoms with van der Waals surface area (Å²) in [6.07, 6.45) is 0. The molecule has 22 heavy (non-hydrogen) atoms. The van der Waals surface area contributed by atoms with Crippen LogP contribution in [0.3, 0.4) is 0 Å². The molecule has 1 N–H and O–H groups in total. The molecule has 1 aliphatic rings. The van der Waals surface area contributed by atoms with Crippen molar-refractivity contribution in [2.75, 3.05) is 13.2 Å². The van der Waals surface area contributed by atoms with Gasteiger partial charge in [0.15, 0.2) is 0 Å². The van der Waals surface area contributed by atoms with Crippen LogP contribution in [-0.4, -0.2) is 29.7 Å². The summed E-state index contributed by atoms with van der Waals surface area (Å²) in [5.41, 5.74) is 1.47. The van der Waals surface area contributed by atoms with Crippen molar-refractivity contribution < 1.29 is 9.53 Å². The van der Waals surface area contributed by atoms with Gasteiger partial charge >= 0.3 is 0 Å². The minimum Gasteiger partial charge on any atom is -0.491 e. The van der Waals surface area contributed by atoms with Crippen LogP contribution >= 0.6 is 12.6 Å². The van der Waals surface area contributed by atoms with E-state index in [2.05, 4.69) is 12.6 Å². The molecule has 1 aliphatic heterocycles. The Balaban J connectivity index is 1.84. The van der Waals surface area contributed by atoms with Crippen molar-refractivity contribution in [1.29, 1.82) is 5.41 Å². The van der Waals surface area contributed by atoms with Gasteiger partial charge in [-0.05, 0) is 12.1 Å². The molecule has 4 nitrogen and oxygen atoms in total. The Kier molecular flexibility index (Phi) is 4.15. The Bertz CT molecular complexity index is 730. The van der Waals surface area contributed by atoms with Gasteiger partial charge in [0.25, 0.3) is 5.91 Å². The van der Waals surface area contributed by atoms with E-state index in [1.54, 1.807) is 23.1 Å². The summed E-state index contributed by atoms with van der Waals surface area (Å²) >= 11 is 4.33. The quantitative estimate of drug-likeness (QED) is 0.662. The molecule has 0 spiro atoms. The second-order valence-electron chi connectivity index (χ2n) is 5.08. The molecule has 5 heteroatoms. The second-order valence-corrected chi connectivity index (χ2v) is 5.56. The monoisotopic (exact) mass is 312 g/mol. The fourth-order valence-electron chi connectivity index (χ4n) is 2.46. The van der Waals surface area contributed by atoms with E-state index in [-0.39, 0.29) is 11.6 Å². The van der Waals surface area contributed by atoms with Crippen LogP contribution in [0.15, 0.2) is 53.4 Å². The molecule has 0 radical (unpaired) electrons. The number of thiol groups is 1. The van der Waals surface area contributed by atoms with E-state index in [4.69, 9.17) is 10.1 Å². The summed E-state index contributed by atoms with van der Waals surface area (Å²) in [6, 6.07) is 14.8. The van der Waals surface area contributed by atoms with Gasteiger partial charge in [-0.2, -0.15) is 0 Å². The van der Waals surface area contributed by atoms with Crippen molar-refractivity contribution >= 4 is 24.2 Å². The number of nitrogens with one attached hydrogen (secondary N) is 1. The smallest absolute Gasteiger partial charge is 0.272 e. The maximum Gasteiger partial charge on any atom is 0.272 e. The molecule has 2 aromatic carbocycles. The topological polar surface area (TPSA) is 53.4 Å². The molecule has 112 valence electrons. The number of amides is 1. The van der Waals surface area contributed by atoms with Gasteiger partial charge in [0.2, 0.25) is 0 Å². The first-order chi connectivity index (χ1) is 10.7. The van der Waals surface area contributed by atoms with E-state index >= 15 is 0 Å². The number of fused-ring (bicyclic) bond motifs is 1. The third-order valence-corrected chi connectivity index (χ3v) is 4.02. The Morgan fingerprint density at radius 1 is 1.14 bits per heavy atom. The molecule has 0 atom stereocenters. The van der Waals surface area contributed by atoms with E-state index in [1.165, 1.54) is 0 Å². The molecule has 2 aromatic rings. The normalized spacial score (nSPS) is 13.8. The van der Waals surface area contributed by atoms with Crippen molar-refractivity contribution in [2.24, 2.45) is 0 Å². The van der Waals surface area contributed by atoms with Gasteiger partial charge < -0.3 is 9.64 Å². The summed E-state index contributed by atoms with van der Waals surface area (Å²) in [4.78, 5) is 14.9. The molecule has 0 saturated carbocycles. The number of hydrogen-bond acceptors (Lipinski definition) is 4. The minimum atomic E-state index is -0.304. The first-order valence-corrected chi connectivity index (χ1v) is 7.48. The summed E-state index contributed by atoms with van der Waals surface area (Å²) < 4.78 is 5.66. The molecular weight excluding hydrogens is 296 g/mol. The molecule has 1 heterocycles. The lowest BCUT2D eigenvalue weighted by Gasteiger charge is -2.20. The number of nitrogens with zero attached hydrogens (tertiary/aromatic N) is 1. The molecule has 1 amide bonds. The first kappa shape index (κ1) is 14.7. The molecule has 0 aliphatic carbocycles. The third-order valence-electron chi connectivity index (χ3n) is 3.63. The number of rotatable bonds is 2. The van der Waals surface area contributed by atoms with Crippen LogP contribution in [0, 0.1) is 5.41 Å². The average molecular weight is 312 g/mol. The largest absolute Gasteiger partial charge is 0.491 e. The summed E-state index contributed by atoms with van der Waals surface area (Å²) in [5, 5.41) is 8.19. The average Bonchev–Trinajstić information content (AvgIpc) is 2.76. The van der Waals surface area contributed by atoms with Crippen LogP contribution in [0.5, 0.6) is 5.75 Å². The highest BCUT2D eigenvalue weighted by Crippen LogP contribution is 2.23. The molecule has 3 rings (SSSR count). The maximum atomic E-state index is 12.6. The van der Waals surface area contributed by atoms with Crippen molar-refractivity contribution in [2.45, 2.75) is 11.4 Å². The van der Waals surface area contributed by atoms with Gasteiger partial charge in [-0.3, -0.25) is 10.2 Å². The fraction of sp³-hybridized carbons (Fsp3) is 0.176. The number of ether oxygens (including phenoxy) is 1. The van der Waals surface area contributed by atoms with Crippen LogP contribution in [0.1, 0.15) is 11.1 Å². The van der Waals surface area contributed by atoms with Crippen molar-refractivity contribution in [3.05, 3.63) is 59.7 Å². The fourth-order valence-corrected chi connectivity index (χ4v) is 2.73. The molecule has 0 saturated heterocycles. The molecule has 0 aromatic heterocycles. The molecule has 0 fully saturated rings. The number of benzene rings is 2. The number of para-hydroxylation sites is 1. The summed E-state index contributed by atoms with van der Waals surface area (Å²) in [6.45, 7) is 1.34. The van der Waals surface area contributed by atoms with Crippen molar-refractivity contribution in [3.63, 3.8) is 0 Å². The SMILES string of the molecule is N=C(C(=O)N1CCOc2ccccc2C1)c1ccccc1S. The van der Waals surface area contributed by atoms with Gasteiger partial charge in [0.1, 0.15) is 18.1 Å². The van der Waals surface area contributed by atoms with Gasteiger partial charge in [-0.1, -0.05) is 36.4 Å². The van der Waals surface area contributed by atoms with Gasteiger partial charge in [-0.15, -0.1) is 12.6 Å². The highest BCUT2D eigenvalue weighted by molar-refractivity contribution is 7.80.